The topological polar surface area (TPSA) is 64.9 Å². The van der Waals surface area contributed by atoms with Gasteiger partial charge in [-0.2, -0.15) is 0 Å². The number of aromatic nitrogens is 2. The number of aryl methyl sites for hydroxylation is 2. The number of hydrogen-bond donors (Lipinski definition) is 1. The van der Waals surface area contributed by atoms with Gasteiger partial charge in [-0.15, -0.1) is 10.2 Å². The minimum atomic E-state index is -0.225. The van der Waals surface area contributed by atoms with Gasteiger partial charge in [0.1, 0.15) is 5.82 Å². The average molecular weight is 235 g/mol. The maximum absolute atomic E-state index is 12.9. The quantitative estimate of drug-likeness (QED) is 0.852. The van der Waals surface area contributed by atoms with Crippen molar-refractivity contribution >= 4 is 0 Å². The van der Waals surface area contributed by atoms with Crippen molar-refractivity contribution in [2.75, 3.05) is 6.54 Å². The van der Waals surface area contributed by atoms with E-state index in [4.69, 9.17) is 10.2 Å². The summed E-state index contributed by atoms with van der Waals surface area (Å²) in [6.45, 7) is 0.492. The van der Waals surface area contributed by atoms with E-state index in [1.165, 1.54) is 12.1 Å². The molecule has 0 bridgehead atoms. The van der Waals surface area contributed by atoms with Gasteiger partial charge in [0, 0.05) is 19.4 Å². The van der Waals surface area contributed by atoms with E-state index in [0.717, 1.165) is 5.56 Å². The zero-order valence-electron chi connectivity index (χ0n) is 9.40. The van der Waals surface area contributed by atoms with Crippen molar-refractivity contribution in [1.82, 2.24) is 10.2 Å². The van der Waals surface area contributed by atoms with Crippen LogP contribution in [0.3, 0.4) is 0 Å². The molecule has 0 unspecified atom stereocenters. The zero-order valence-corrected chi connectivity index (χ0v) is 9.40. The molecule has 0 saturated heterocycles. The molecule has 17 heavy (non-hydrogen) atoms. The molecule has 0 aliphatic heterocycles. The molecule has 0 saturated carbocycles. The van der Waals surface area contributed by atoms with Crippen molar-refractivity contribution in [3.63, 3.8) is 0 Å². The van der Waals surface area contributed by atoms with Crippen LogP contribution >= 0.6 is 0 Å². The molecular formula is C12H14FN3O. The van der Waals surface area contributed by atoms with E-state index in [1.807, 2.05) is 6.07 Å². The van der Waals surface area contributed by atoms with Gasteiger partial charge in [0.05, 0.1) is 0 Å². The molecule has 0 spiro atoms. The molecule has 0 radical (unpaired) electrons. The Labute approximate surface area is 98.7 Å². The van der Waals surface area contributed by atoms with Crippen LogP contribution in [0.5, 0.6) is 0 Å². The lowest BCUT2D eigenvalue weighted by atomic mass is 10.1. The molecule has 2 rings (SSSR count). The molecule has 2 aromatic rings. The number of rotatable bonds is 5. The van der Waals surface area contributed by atoms with Gasteiger partial charge >= 0.3 is 0 Å². The van der Waals surface area contributed by atoms with Crippen molar-refractivity contribution in [1.29, 1.82) is 0 Å². The van der Waals surface area contributed by atoms with Crippen LogP contribution in [0.1, 0.15) is 17.3 Å². The van der Waals surface area contributed by atoms with Crippen molar-refractivity contribution in [3.8, 4) is 0 Å². The highest BCUT2D eigenvalue weighted by atomic mass is 19.1. The fraction of sp³-hybridized carbons (Fsp3) is 0.333. The van der Waals surface area contributed by atoms with E-state index in [0.29, 0.717) is 37.6 Å². The minimum Gasteiger partial charge on any atom is -0.425 e. The molecule has 90 valence electrons. The van der Waals surface area contributed by atoms with E-state index in [1.54, 1.807) is 6.07 Å². The van der Waals surface area contributed by atoms with Gasteiger partial charge in [0.15, 0.2) is 0 Å². The Morgan fingerprint density at radius 2 is 1.88 bits per heavy atom. The zero-order chi connectivity index (χ0) is 12.1. The predicted octanol–water partition coefficient (Wildman–Crippen LogP) is 1.50. The van der Waals surface area contributed by atoms with Crippen LogP contribution in [0.2, 0.25) is 0 Å². The highest BCUT2D eigenvalue weighted by Crippen LogP contribution is 2.08. The number of hydrogen-bond acceptors (Lipinski definition) is 4. The number of nitrogens with zero attached hydrogens (tertiary/aromatic N) is 2. The summed E-state index contributed by atoms with van der Waals surface area (Å²) in [5.74, 6) is 0.899. The van der Waals surface area contributed by atoms with Crippen LogP contribution in [0.4, 0.5) is 4.39 Å². The van der Waals surface area contributed by atoms with Crippen LogP contribution < -0.4 is 5.73 Å². The SMILES string of the molecule is NCCc1nnc(CCc2cccc(F)c2)o1. The second-order valence-corrected chi connectivity index (χ2v) is 3.76. The average Bonchev–Trinajstić information content (AvgIpc) is 2.75. The smallest absolute Gasteiger partial charge is 0.217 e. The third-order valence-corrected chi connectivity index (χ3v) is 2.38. The molecule has 1 aromatic heterocycles. The van der Waals surface area contributed by atoms with E-state index in [-0.39, 0.29) is 5.82 Å². The van der Waals surface area contributed by atoms with Crippen molar-refractivity contribution in [2.24, 2.45) is 5.73 Å². The van der Waals surface area contributed by atoms with Crippen LogP contribution in [-0.4, -0.2) is 16.7 Å². The monoisotopic (exact) mass is 235 g/mol. The molecule has 0 atom stereocenters. The Morgan fingerprint density at radius 3 is 2.59 bits per heavy atom. The van der Waals surface area contributed by atoms with Crippen LogP contribution in [0.25, 0.3) is 0 Å². The van der Waals surface area contributed by atoms with Crippen LogP contribution in [0.15, 0.2) is 28.7 Å². The molecule has 1 heterocycles. The van der Waals surface area contributed by atoms with Crippen LogP contribution in [-0.2, 0) is 19.3 Å². The van der Waals surface area contributed by atoms with E-state index in [9.17, 15) is 4.39 Å². The summed E-state index contributed by atoms with van der Waals surface area (Å²) in [5.41, 5.74) is 6.30. The molecule has 0 aliphatic carbocycles. The summed E-state index contributed by atoms with van der Waals surface area (Å²) < 4.78 is 18.3. The Balaban J connectivity index is 1.93. The summed E-state index contributed by atoms with van der Waals surface area (Å²) in [6, 6.07) is 6.51. The van der Waals surface area contributed by atoms with Crippen molar-refractivity contribution < 1.29 is 8.81 Å². The summed E-state index contributed by atoms with van der Waals surface area (Å²) in [4.78, 5) is 0. The van der Waals surface area contributed by atoms with E-state index >= 15 is 0 Å². The first-order chi connectivity index (χ1) is 8.28. The lowest BCUT2D eigenvalue weighted by Crippen LogP contribution is -2.02. The Morgan fingerprint density at radius 1 is 1.12 bits per heavy atom. The van der Waals surface area contributed by atoms with Crippen molar-refractivity contribution in [3.05, 3.63) is 47.4 Å². The first-order valence-corrected chi connectivity index (χ1v) is 5.53. The highest BCUT2D eigenvalue weighted by Gasteiger charge is 2.05. The van der Waals surface area contributed by atoms with Gasteiger partial charge in [-0.25, -0.2) is 4.39 Å². The van der Waals surface area contributed by atoms with Gasteiger partial charge in [-0.1, -0.05) is 12.1 Å². The third-order valence-electron chi connectivity index (χ3n) is 2.38. The molecule has 2 N–H and O–H groups in total. The summed E-state index contributed by atoms with van der Waals surface area (Å²) >= 11 is 0. The summed E-state index contributed by atoms with van der Waals surface area (Å²) in [7, 11) is 0. The largest absolute Gasteiger partial charge is 0.425 e. The first kappa shape index (κ1) is 11.7. The second kappa shape index (κ2) is 5.54. The molecular weight excluding hydrogens is 221 g/mol. The maximum Gasteiger partial charge on any atom is 0.217 e. The lowest BCUT2D eigenvalue weighted by Gasteiger charge is -1.98. The van der Waals surface area contributed by atoms with Crippen molar-refractivity contribution in [2.45, 2.75) is 19.3 Å². The fourth-order valence-corrected chi connectivity index (χ4v) is 1.56. The maximum atomic E-state index is 12.9. The third kappa shape index (κ3) is 3.35. The van der Waals surface area contributed by atoms with Gasteiger partial charge in [0.25, 0.3) is 0 Å². The number of benzene rings is 1. The van der Waals surface area contributed by atoms with Crippen LogP contribution in [0, 0.1) is 5.82 Å². The molecule has 0 amide bonds. The second-order valence-electron chi connectivity index (χ2n) is 3.76. The molecule has 0 fully saturated rings. The lowest BCUT2D eigenvalue weighted by molar-refractivity contribution is 0.449. The van der Waals surface area contributed by atoms with E-state index in [2.05, 4.69) is 10.2 Å². The normalized spacial score (nSPS) is 10.7. The van der Waals surface area contributed by atoms with E-state index < -0.39 is 0 Å². The summed E-state index contributed by atoms with van der Waals surface area (Å²) in [6.07, 6.45) is 1.88. The Kier molecular flexibility index (Phi) is 3.82. The Bertz CT molecular complexity index is 484. The molecule has 5 heteroatoms. The fourth-order valence-electron chi connectivity index (χ4n) is 1.56. The first-order valence-electron chi connectivity index (χ1n) is 5.53. The number of nitrogens with two attached hydrogens (primary N) is 1. The minimum absolute atomic E-state index is 0.225. The molecule has 4 nitrogen and oxygen atoms in total. The highest BCUT2D eigenvalue weighted by molar-refractivity contribution is 5.16. The molecule has 0 aliphatic rings. The Hall–Kier alpha value is -1.75. The van der Waals surface area contributed by atoms with Gasteiger partial charge < -0.3 is 10.2 Å². The predicted molar refractivity (Wildman–Crippen MR) is 60.9 cm³/mol. The number of halogens is 1. The molecule has 1 aromatic carbocycles. The van der Waals surface area contributed by atoms with Gasteiger partial charge in [0.2, 0.25) is 11.8 Å². The summed E-state index contributed by atoms with van der Waals surface area (Å²) in [5, 5.41) is 7.77. The standard InChI is InChI=1S/C12H14FN3O/c13-10-3-1-2-9(8-10)4-5-11-15-16-12(17-11)6-7-14/h1-3,8H,4-7,14H2. The van der Waals surface area contributed by atoms with Gasteiger partial charge in [-0.05, 0) is 24.1 Å². The van der Waals surface area contributed by atoms with Gasteiger partial charge in [-0.3, -0.25) is 0 Å².